The summed E-state index contributed by atoms with van der Waals surface area (Å²) in [5, 5.41) is 11.9. The molecule has 0 radical (unpaired) electrons. The molecule has 4 heteroatoms. The smallest absolute Gasteiger partial charge is 0.144 e. The molecule has 1 rings (SSSR count). The molecule has 1 saturated heterocycles. The molecule has 0 spiro atoms. The SMILES string of the molecule is CCCC1CCCCN1CCCC(C)(C)C(N)=NO. The van der Waals surface area contributed by atoms with Crippen LogP contribution in [0.5, 0.6) is 0 Å². The van der Waals surface area contributed by atoms with Crippen molar-refractivity contribution in [2.45, 2.75) is 71.8 Å². The Balaban J connectivity index is 2.38. The van der Waals surface area contributed by atoms with Crippen LogP contribution in [0.1, 0.15) is 65.7 Å². The molecule has 1 aliphatic rings. The molecule has 19 heavy (non-hydrogen) atoms. The highest BCUT2D eigenvalue weighted by Gasteiger charge is 2.25. The van der Waals surface area contributed by atoms with E-state index in [0.29, 0.717) is 5.84 Å². The van der Waals surface area contributed by atoms with Crippen molar-refractivity contribution < 1.29 is 5.21 Å². The largest absolute Gasteiger partial charge is 0.409 e. The Kier molecular flexibility index (Phi) is 6.63. The maximum atomic E-state index is 8.78. The van der Waals surface area contributed by atoms with Crippen molar-refractivity contribution in [3.05, 3.63) is 0 Å². The summed E-state index contributed by atoms with van der Waals surface area (Å²) in [5.74, 6) is 0.344. The lowest BCUT2D eigenvalue weighted by Gasteiger charge is -2.36. The number of piperidine rings is 1. The third kappa shape index (κ3) is 5.01. The molecule has 0 bridgehead atoms. The molecule has 1 heterocycles. The number of amidine groups is 1. The van der Waals surface area contributed by atoms with Crippen LogP contribution in [-0.2, 0) is 0 Å². The maximum absolute atomic E-state index is 8.78. The van der Waals surface area contributed by atoms with Gasteiger partial charge in [0.05, 0.1) is 0 Å². The summed E-state index contributed by atoms with van der Waals surface area (Å²) < 4.78 is 0. The minimum atomic E-state index is -0.204. The monoisotopic (exact) mass is 269 g/mol. The number of hydrogen-bond acceptors (Lipinski definition) is 3. The predicted octanol–water partition coefficient (Wildman–Crippen LogP) is 3.19. The molecule has 4 nitrogen and oxygen atoms in total. The Morgan fingerprint density at radius 2 is 2.16 bits per heavy atom. The molecule has 0 aromatic heterocycles. The van der Waals surface area contributed by atoms with Gasteiger partial charge in [-0.05, 0) is 45.2 Å². The molecule has 3 N–H and O–H groups in total. The summed E-state index contributed by atoms with van der Waals surface area (Å²) in [6.45, 7) is 8.75. The van der Waals surface area contributed by atoms with Gasteiger partial charge in [-0.1, -0.05) is 38.8 Å². The second-order valence-electron chi connectivity index (χ2n) is 6.45. The molecule has 112 valence electrons. The van der Waals surface area contributed by atoms with Crippen LogP contribution < -0.4 is 5.73 Å². The summed E-state index contributed by atoms with van der Waals surface area (Å²) in [6, 6.07) is 0.783. The zero-order chi connectivity index (χ0) is 14.3. The van der Waals surface area contributed by atoms with Crippen molar-refractivity contribution in [1.29, 1.82) is 0 Å². The number of nitrogens with two attached hydrogens (primary N) is 1. The Morgan fingerprint density at radius 3 is 2.79 bits per heavy atom. The average molecular weight is 269 g/mol. The van der Waals surface area contributed by atoms with Gasteiger partial charge in [0.15, 0.2) is 0 Å². The van der Waals surface area contributed by atoms with E-state index >= 15 is 0 Å². The molecule has 0 aromatic rings. The van der Waals surface area contributed by atoms with Crippen molar-refractivity contribution in [3.8, 4) is 0 Å². The van der Waals surface area contributed by atoms with Crippen molar-refractivity contribution in [2.24, 2.45) is 16.3 Å². The molecule has 0 saturated carbocycles. The third-order valence-corrected chi connectivity index (χ3v) is 4.42. The first kappa shape index (κ1) is 16.3. The van der Waals surface area contributed by atoms with Crippen molar-refractivity contribution in [2.75, 3.05) is 13.1 Å². The van der Waals surface area contributed by atoms with Crippen molar-refractivity contribution in [1.82, 2.24) is 4.90 Å². The first-order chi connectivity index (χ1) is 9.01. The summed E-state index contributed by atoms with van der Waals surface area (Å²) in [4.78, 5) is 2.65. The molecule has 0 aromatic carbocycles. The molecule has 1 atom stereocenters. The van der Waals surface area contributed by atoms with Gasteiger partial charge in [0.1, 0.15) is 5.84 Å². The summed E-state index contributed by atoms with van der Waals surface area (Å²) in [5.41, 5.74) is 5.53. The molecule has 1 unspecified atom stereocenters. The lowest BCUT2D eigenvalue weighted by atomic mass is 9.86. The molecule has 1 aliphatic heterocycles. The van der Waals surface area contributed by atoms with E-state index in [0.717, 1.165) is 25.4 Å². The fourth-order valence-corrected chi connectivity index (χ4v) is 3.00. The van der Waals surface area contributed by atoms with Gasteiger partial charge in [0, 0.05) is 11.5 Å². The van der Waals surface area contributed by atoms with Crippen LogP contribution in [-0.4, -0.2) is 35.1 Å². The Morgan fingerprint density at radius 1 is 1.42 bits per heavy atom. The molecule has 0 aliphatic carbocycles. The van der Waals surface area contributed by atoms with Crippen LogP contribution in [0.2, 0.25) is 0 Å². The van der Waals surface area contributed by atoms with E-state index in [-0.39, 0.29) is 5.41 Å². The van der Waals surface area contributed by atoms with E-state index in [1.54, 1.807) is 0 Å². The van der Waals surface area contributed by atoms with E-state index < -0.39 is 0 Å². The lowest BCUT2D eigenvalue weighted by molar-refractivity contribution is 0.134. The minimum absolute atomic E-state index is 0.204. The molecule has 1 fully saturated rings. The molecule has 0 amide bonds. The first-order valence-corrected chi connectivity index (χ1v) is 7.73. The van der Waals surface area contributed by atoms with E-state index in [1.165, 1.54) is 38.6 Å². The van der Waals surface area contributed by atoms with Crippen LogP contribution in [0.4, 0.5) is 0 Å². The fourth-order valence-electron chi connectivity index (χ4n) is 3.00. The highest BCUT2D eigenvalue weighted by molar-refractivity contribution is 5.85. The van der Waals surface area contributed by atoms with E-state index in [2.05, 4.69) is 17.0 Å². The van der Waals surface area contributed by atoms with Crippen LogP contribution >= 0.6 is 0 Å². The van der Waals surface area contributed by atoms with Crippen LogP contribution in [0.3, 0.4) is 0 Å². The Bertz CT molecular complexity index is 287. The summed E-state index contributed by atoms with van der Waals surface area (Å²) in [6.07, 6.45) is 8.76. The summed E-state index contributed by atoms with van der Waals surface area (Å²) in [7, 11) is 0. The number of likely N-dealkylation sites (tertiary alicyclic amines) is 1. The quantitative estimate of drug-likeness (QED) is 0.323. The van der Waals surface area contributed by atoms with Gasteiger partial charge < -0.3 is 15.8 Å². The van der Waals surface area contributed by atoms with E-state index in [1.807, 2.05) is 13.8 Å². The number of nitrogens with zero attached hydrogens (tertiary/aromatic N) is 2. The van der Waals surface area contributed by atoms with E-state index in [9.17, 15) is 0 Å². The highest BCUT2D eigenvalue weighted by Crippen LogP contribution is 2.25. The maximum Gasteiger partial charge on any atom is 0.144 e. The van der Waals surface area contributed by atoms with Crippen LogP contribution in [0.15, 0.2) is 5.16 Å². The third-order valence-electron chi connectivity index (χ3n) is 4.42. The second kappa shape index (κ2) is 7.73. The minimum Gasteiger partial charge on any atom is -0.409 e. The predicted molar refractivity (Wildman–Crippen MR) is 80.5 cm³/mol. The van der Waals surface area contributed by atoms with Crippen molar-refractivity contribution >= 4 is 5.84 Å². The normalized spacial score (nSPS) is 22.7. The van der Waals surface area contributed by atoms with Crippen LogP contribution in [0.25, 0.3) is 0 Å². The Hall–Kier alpha value is -0.770. The van der Waals surface area contributed by atoms with Gasteiger partial charge in [0.25, 0.3) is 0 Å². The first-order valence-electron chi connectivity index (χ1n) is 7.73. The van der Waals surface area contributed by atoms with Gasteiger partial charge in [-0.2, -0.15) is 0 Å². The molecular formula is C15H31N3O. The number of hydrogen-bond donors (Lipinski definition) is 2. The van der Waals surface area contributed by atoms with Gasteiger partial charge in [-0.15, -0.1) is 0 Å². The number of oxime groups is 1. The Labute approximate surface area is 118 Å². The fraction of sp³-hybridized carbons (Fsp3) is 0.933. The topological polar surface area (TPSA) is 61.8 Å². The second-order valence-corrected chi connectivity index (χ2v) is 6.45. The number of rotatable bonds is 7. The molecular weight excluding hydrogens is 238 g/mol. The zero-order valence-corrected chi connectivity index (χ0v) is 12.9. The summed E-state index contributed by atoms with van der Waals surface area (Å²) >= 11 is 0. The van der Waals surface area contributed by atoms with Gasteiger partial charge in [0.2, 0.25) is 0 Å². The zero-order valence-electron chi connectivity index (χ0n) is 12.9. The van der Waals surface area contributed by atoms with Crippen LogP contribution in [0, 0.1) is 5.41 Å². The highest BCUT2D eigenvalue weighted by atomic mass is 16.4. The van der Waals surface area contributed by atoms with E-state index in [4.69, 9.17) is 10.9 Å². The van der Waals surface area contributed by atoms with Gasteiger partial charge >= 0.3 is 0 Å². The van der Waals surface area contributed by atoms with Gasteiger partial charge in [-0.25, -0.2) is 0 Å². The van der Waals surface area contributed by atoms with Crippen molar-refractivity contribution in [3.63, 3.8) is 0 Å². The standard InChI is InChI=1S/C15H31N3O/c1-4-8-13-9-5-6-11-18(13)12-7-10-15(2,3)14(16)17-19/h13,19H,4-12H2,1-3H3,(H2,16,17). The average Bonchev–Trinajstić information content (AvgIpc) is 2.40. The lowest BCUT2D eigenvalue weighted by Crippen LogP contribution is -2.40. The van der Waals surface area contributed by atoms with Gasteiger partial charge in [-0.3, -0.25) is 0 Å².